The predicted octanol–water partition coefficient (Wildman–Crippen LogP) is 12.4. The van der Waals surface area contributed by atoms with Gasteiger partial charge in [0.05, 0.1) is 11.7 Å². The maximum atomic E-state index is 6.75. The molecule has 0 aliphatic carbocycles. The number of nitrogens with one attached hydrogen (secondary N) is 1. The van der Waals surface area contributed by atoms with Gasteiger partial charge in [-0.25, -0.2) is 4.99 Å². The molecule has 1 atom stereocenters. The van der Waals surface area contributed by atoms with Crippen LogP contribution in [0.25, 0.3) is 70.1 Å². The minimum absolute atomic E-state index is 0.189. The fourth-order valence-electron chi connectivity index (χ4n) is 7.25. The molecule has 1 aliphatic heterocycles. The quantitative estimate of drug-likeness (QED) is 0.200. The normalized spacial score (nSPS) is 14.6. The van der Waals surface area contributed by atoms with Crippen LogP contribution in [0, 0.1) is 0 Å². The van der Waals surface area contributed by atoms with Crippen molar-refractivity contribution >= 4 is 65.0 Å². The summed E-state index contributed by atoms with van der Waals surface area (Å²) in [7, 11) is 0. The molecule has 4 heteroatoms. The molecule has 0 fully saturated rings. The van der Waals surface area contributed by atoms with Gasteiger partial charge in [0.15, 0.2) is 0 Å². The van der Waals surface area contributed by atoms with Gasteiger partial charge < -0.3 is 9.73 Å². The Bertz CT molecular complexity index is 2760. The van der Waals surface area contributed by atoms with Gasteiger partial charge in [-0.15, -0.1) is 11.3 Å². The molecule has 7 aromatic carbocycles. The van der Waals surface area contributed by atoms with Gasteiger partial charge in [0.1, 0.15) is 17.0 Å². The van der Waals surface area contributed by atoms with Crippen molar-refractivity contribution in [3.05, 3.63) is 187 Å². The Labute approximate surface area is 293 Å². The van der Waals surface area contributed by atoms with Crippen LogP contribution in [0.3, 0.4) is 0 Å². The van der Waals surface area contributed by atoms with Crippen molar-refractivity contribution in [2.75, 3.05) is 0 Å². The molecule has 0 amide bonds. The average molecular weight is 659 g/mol. The molecule has 10 rings (SSSR count). The first-order chi connectivity index (χ1) is 24.8. The highest BCUT2D eigenvalue weighted by Crippen LogP contribution is 2.46. The third kappa shape index (κ3) is 4.84. The van der Waals surface area contributed by atoms with E-state index in [4.69, 9.17) is 9.41 Å². The first-order valence-corrected chi connectivity index (χ1v) is 17.7. The lowest BCUT2D eigenvalue weighted by Gasteiger charge is -2.25. The van der Waals surface area contributed by atoms with Crippen LogP contribution in [-0.2, 0) is 0 Å². The summed E-state index contributed by atoms with van der Waals surface area (Å²) in [4.78, 5) is 5.27. The van der Waals surface area contributed by atoms with Crippen molar-refractivity contribution in [1.29, 1.82) is 0 Å². The SMILES string of the molecule is C1=C(c2ccc(-c3ccccc3)cc2)N=C(c2ccc(-c3ccccc3)cc2)NC1c1cc2c3ccccc3sc2c2c1oc1ccccc12. The minimum Gasteiger partial charge on any atom is -0.456 e. The molecule has 0 bridgehead atoms. The predicted molar refractivity (Wildman–Crippen MR) is 211 cm³/mol. The van der Waals surface area contributed by atoms with Gasteiger partial charge in [0.25, 0.3) is 0 Å². The van der Waals surface area contributed by atoms with Crippen LogP contribution in [0.2, 0.25) is 0 Å². The topological polar surface area (TPSA) is 37.5 Å². The number of benzene rings is 7. The maximum Gasteiger partial charge on any atom is 0.142 e. The number of hydrogen-bond acceptors (Lipinski definition) is 4. The number of hydrogen-bond donors (Lipinski definition) is 1. The molecule has 1 unspecified atom stereocenters. The lowest BCUT2D eigenvalue weighted by Crippen LogP contribution is -2.31. The third-order valence-corrected chi connectivity index (χ3v) is 11.0. The molecule has 1 N–H and O–H groups in total. The van der Waals surface area contributed by atoms with E-state index < -0.39 is 0 Å². The first kappa shape index (κ1) is 28.8. The number of nitrogens with zero attached hydrogens (tertiary/aromatic N) is 1. The van der Waals surface area contributed by atoms with Crippen LogP contribution >= 0.6 is 11.3 Å². The Balaban J connectivity index is 1.15. The monoisotopic (exact) mass is 658 g/mol. The van der Waals surface area contributed by atoms with E-state index in [9.17, 15) is 0 Å². The fraction of sp³-hybridized carbons (Fsp3) is 0.0217. The van der Waals surface area contributed by atoms with Gasteiger partial charge in [-0.05, 0) is 52.1 Å². The molecule has 2 aromatic heterocycles. The molecule has 9 aromatic rings. The summed E-state index contributed by atoms with van der Waals surface area (Å²) in [5.41, 5.74) is 10.7. The van der Waals surface area contributed by atoms with Crippen LogP contribution in [0.4, 0.5) is 0 Å². The van der Waals surface area contributed by atoms with E-state index in [1.165, 1.54) is 47.8 Å². The molecule has 0 saturated carbocycles. The highest BCUT2D eigenvalue weighted by atomic mass is 32.1. The van der Waals surface area contributed by atoms with Crippen molar-refractivity contribution in [2.24, 2.45) is 4.99 Å². The van der Waals surface area contributed by atoms with Crippen molar-refractivity contribution < 1.29 is 4.42 Å². The van der Waals surface area contributed by atoms with Crippen LogP contribution < -0.4 is 5.32 Å². The van der Waals surface area contributed by atoms with Crippen molar-refractivity contribution in [3.8, 4) is 22.3 Å². The highest BCUT2D eigenvalue weighted by Gasteiger charge is 2.26. The molecule has 0 saturated heterocycles. The molecule has 50 heavy (non-hydrogen) atoms. The van der Waals surface area contributed by atoms with E-state index in [2.05, 4.69) is 163 Å². The Morgan fingerprint density at radius 2 is 1.08 bits per heavy atom. The average Bonchev–Trinajstić information content (AvgIpc) is 3.77. The van der Waals surface area contributed by atoms with Gasteiger partial charge in [0, 0.05) is 42.1 Å². The summed E-state index contributed by atoms with van der Waals surface area (Å²) >= 11 is 1.84. The molecular weight excluding hydrogens is 629 g/mol. The number of aliphatic imine (C=N–C) groups is 1. The van der Waals surface area contributed by atoms with E-state index in [1.807, 2.05) is 23.5 Å². The zero-order valence-corrected chi connectivity index (χ0v) is 27.8. The van der Waals surface area contributed by atoms with Crippen molar-refractivity contribution in [2.45, 2.75) is 6.04 Å². The van der Waals surface area contributed by atoms with E-state index in [-0.39, 0.29) is 6.04 Å². The summed E-state index contributed by atoms with van der Waals surface area (Å²) in [6.07, 6.45) is 2.25. The smallest absolute Gasteiger partial charge is 0.142 e. The second-order valence-corrected chi connectivity index (χ2v) is 13.8. The standard InChI is InChI=1S/C46H30N2OS/c1-3-11-29(12-4-1)31-19-23-33(24-20-31)39-28-40(48-46(47-39)34-25-21-32(22-26-34)30-13-5-2-6-14-30)38-27-37-35-15-8-10-18-42(35)50-45(37)43-36-16-7-9-17-41(36)49-44(38)43/h1-28,40H,(H,47,48). The third-order valence-electron chi connectivity index (χ3n) is 9.76. The van der Waals surface area contributed by atoms with E-state index in [0.29, 0.717) is 0 Å². The molecule has 0 radical (unpaired) electrons. The van der Waals surface area contributed by atoms with Gasteiger partial charge in [-0.3, -0.25) is 0 Å². The summed E-state index contributed by atoms with van der Waals surface area (Å²) in [5.74, 6) is 0.832. The number of furan rings is 1. The zero-order chi connectivity index (χ0) is 33.0. The number of thiophene rings is 1. The molecule has 3 nitrogen and oxygen atoms in total. The number of fused-ring (bicyclic) bond motifs is 7. The molecular formula is C46H30N2OS. The van der Waals surface area contributed by atoms with Gasteiger partial charge in [-0.2, -0.15) is 0 Å². The molecule has 1 aliphatic rings. The maximum absolute atomic E-state index is 6.75. The Morgan fingerprint density at radius 3 is 1.78 bits per heavy atom. The largest absolute Gasteiger partial charge is 0.456 e. The Kier molecular flexibility index (Phi) is 6.74. The first-order valence-electron chi connectivity index (χ1n) is 16.9. The van der Waals surface area contributed by atoms with Gasteiger partial charge in [-0.1, -0.05) is 146 Å². The van der Waals surface area contributed by atoms with Crippen LogP contribution in [0.5, 0.6) is 0 Å². The van der Waals surface area contributed by atoms with Gasteiger partial charge in [0.2, 0.25) is 0 Å². The molecule has 236 valence electrons. The number of rotatable bonds is 5. The molecule has 0 spiro atoms. The minimum atomic E-state index is -0.189. The fourth-order valence-corrected chi connectivity index (χ4v) is 8.49. The van der Waals surface area contributed by atoms with Gasteiger partial charge >= 0.3 is 0 Å². The molecule has 3 heterocycles. The summed E-state index contributed by atoms with van der Waals surface area (Å²) in [6.45, 7) is 0. The Morgan fingerprint density at radius 1 is 0.520 bits per heavy atom. The number of amidine groups is 1. The second kappa shape index (κ2) is 11.7. The van der Waals surface area contributed by atoms with E-state index >= 15 is 0 Å². The second-order valence-electron chi connectivity index (χ2n) is 12.8. The van der Waals surface area contributed by atoms with Crippen LogP contribution in [-0.4, -0.2) is 5.84 Å². The van der Waals surface area contributed by atoms with E-state index in [1.54, 1.807) is 0 Å². The summed E-state index contributed by atoms with van der Waals surface area (Å²) in [6, 6.07) is 57.7. The number of para-hydroxylation sites is 1. The van der Waals surface area contributed by atoms with Crippen molar-refractivity contribution in [1.82, 2.24) is 5.32 Å². The Hall–Kier alpha value is -6.23. The summed E-state index contributed by atoms with van der Waals surface area (Å²) in [5, 5.41) is 8.67. The lowest BCUT2D eigenvalue weighted by molar-refractivity contribution is 0.653. The van der Waals surface area contributed by atoms with Crippen LogP contribution in [0.15, 0.2) is 179 Å². The van der Waals surface area contributed by atoms with Crippen molar-refractivity contribution in [3.63, 3.8) is 0 Å². The highest BCUT2D eigenvalue weighted by molar-refractivity contribution is 7.26. The van der Waals surface area contributed by atoms with E-state index in [0.717, 1.165) is 44.8 Å². The lowest BCUT2D eigenvalue weighted by atomic mass is 9.95. The van der Waals surface area contributed by atoms with Crippen LogP contribution in [0.1, 0.15) is 22.7 Å². The summed E-state index contributed by atoms with van der Waals surface area (Å²) < 4.78 is 9.29. The zero-order valence-electron chi connectivity index (χ0n) is 27.0.